The van der Waals surface area contributed by atoms with E-state index in [0.29, 0.717) is 11.4 Å². The number of rotatable bonds is 6. The van der Waals surface area contributed by atoms with E-state index in [1.165, 1.54) is 20.1 Å². The zero-order valence-electron chi connectivity index (χ0n) is 13.6. The molecule has 2 rings (SSSR count). The van der Waals surface area contributed by atoms with Crippen molar-refractivity contribution < 1.29 is 19.1 Å². The van der Waals surface area contributed by atoms with Crippen LogP contribution in [0.5, 0.6) is 5.75 Å². The molecule has 0 saturated carbocycles. The fourth-order valence-electron chi connectivity index (χ4n) is 1.98. The van der Waals surface area contributed by atoms with Crippen molar-refractivity contribution in [2.75, 3.05) is 12.4 Å². The van der Waals surface area contributed by atoms with Gasteiger partial charge in [0.05, 0.1) is 12.8 Å². The first-order valence-corrected chi connectivity index (χ1v) is 7.48. The Labute approximate surface area is 140 Å². The van der Waals surface area contributed by atoms with Crippen LogP contribution in [0.1, 0.15) is 12.5 Å². The smallest absolute Gasteiger partial charge is 0.331 e. The minimum atomic E-state index is -0.928. The highest BCUT2D eigenvalue weighted by molar-refractivity contribution is 5.97. The number of carbonyl (C=O) groups excluding carboxylic acids is 2. The number of esters is 1. The number of carbonyl (C=O) groups is 2. The van der Waals surface area contributed by atoms with Crippen molar-refractivity contribution in [3.8, 4) is 5.75 Å². The third-order valence-electron chi connectivity index (χ3n) is 3.24. The molecule has 0 fully saturated rings. The minimum Gasteiger partial charge on any atom is -0.495 e. The molecule has 0 aliphatic carbocycles. The topological polar surface area (TPSA) is 64.6 Å². The van der Waals surface area contributed by atoms with Crippen molar-refractivity contribution in [3.05, 3.63) is 66.2 Å². The number of anilines is 1. The molecule has 0 spiro atoms. The highest BCUT2D eigenvalue weighted by Gasteiger charge is 2.17. The lowest BCUT2D eigenvalue weighted by Crippen LogP contribution is -2.29. The minimum absolute atomic E-state index is 0.430. The van der Waals surface area contributed by atoms with Crippen LogP contribution in [0.3, 0.4) is 0 Å². The Morgan fingerprint density at radius 2 is 1.71 bits per heavy atom. The molecule has 0 heterocycles. The molecular weight excluding hydrogens is 306 g/mol. The van der Waals surface area contributed by atoms with Crippen molar-refractivity contribution >= 4 is 23.6 Å². The van der Waals surface area contributed by atoms with Gasteiger partial charge in [-0.3, -0.25) is 4.79 Å². The number of amides is 1. The molecule has 0 aliphatic heterocycles. The van der Waals surface area contributed by atoms with Crippen LogP contribution in [-0.4, -0.2) is 25.1 Å². The summed E-state index contributed by atoms with van der Waals surface area (Å²) in [5.41, 5.74) is 1.40. The van der Waals surface area contributed by atoms with Gasteiger partial charge in [0.25, 0.3) is 5.91 Å². The van der Waals surface area contributed by atoms with Gasteiger partial charge in [-0.15, -0.1) is 0 Å². The summed E-state index contributed by atoms with van der Waals surface area (Å²) in [6.07, 6.45) is 2.00. The fourth-order valence-corrected chi connectivity index (χ4v) is 1.98. The van der Waals surface area contributed by atoms with Gasteiger partial charge in [0, 0.05) is 6.08 Å². The van der Waals surface area contributed by atoms with Gasteiger partial charge >= 0.3 is 5.97 Å². The van der Waals surface area contributed by atoms with E-state index in [1.54, 1.807) is 30.3 Å². The van der Waals surface area contributed by atoms with Crippen molar-refractivity contribution in [2.45, 2.75) is 13.0 Å². The van der Waals surface area contributed by atoms with E-state index >= 15 is 0 Å². The summed E-state index contributed by atoms with van der Waals surface area (Å²) >= 11 is 0. The molecule has 2 aromatic rings. The van der Waals surface area contributed by atoms with Gasteiger partial charge in [-0.2, -0.15) is 0 Å². The normalized spacial score (nSPS) is 11.8. The molecule has 1 amide bonds. The molecule has 0 aromatic heterocycles. The molecule has 24 heavy (non-hydrogen) atoms. The molecule has 1 unspecified atom stereocenters. The molecule has 0 bridgehead atoms. The predicted molar refractivity (Wildman–Crippen MR) is 92.7 cm³/mol. The first-order valence-electron chi connectivity index (χ1n) is 7.48. The maximum Gasteiger partial charge on any atom is 0.331 e. The van der Waals surface area contributed by atoms with Gasteiger partial charge in [0.2, 0.25) is 0 Å². The van der Waals surface area contributed by atoms with Crippen LogP contribution in [0, 0.1) is 0 Å². The van der Waals surface area contributed by atoms with E-state index in [1.807, 2.05) is 30.3 Å². The third-order valence-corrected chi connectivity index (χ3v) is 3.24. The summed E-state index contributed by atoms with van der Waals surface area (Å²) < 4.78 is 10.3. The Hall–Kier alpha value is -3.08. The summed E-state index contributed by atoms with van der Waals surface area (Å²) in [5.74, 6) is -0.476. The van der Waals surface area contributed by atoms with Gasteiger partial charge in [-0.1, -0.05) is 42.5 Å². The lowest BCUT2D eigenvalue weighted by molar-refractivity contribution is -0.148. The second-order valence-corrected chi connectivity index (χ2v) is 5.01. The molecule has 0 aliphatic rings. The number of benzene rings is 2. The molecule has 2 aromatic carbocycles. The number of hydrogen-bond donors (Lipinski definition) is 1. The van der Waals surface area contributed by atoms with Gasteiger partial charge in [0.15, 0.2) is 6.10 Å². The van der Waals surface area contributed by atoms with Gasteiger partial charge in [-0.05, 0) is 30.7 Å². The molecule has 1 atom stereocenters. The first kappa shape index (κ1) is 17.3. The Kier molecular flexibility index (Phi) is 6.14. The third kappa shape index (κ3) is 4.98. The van der Waals surface area contributed by atoms with Crippen LogP contribution in [-0.2, 0) is 14.3 Å². The SMILES string of the molecule is COc1ccccc1NC(=O)C(C)OC(=O)C=Cc1ccccc1. The standard InChI is InChI=1S/C19H19NO4/c1-14(19(22)20-16-10-6-7-11-17(16)23-2)24-18(21)13-12-15-8-4-3-5-9-15/h3-14H,1-2H3,(H,20,22). The maximum atomic E-state index is 12.1. The molecule has 1 N–H and O–H groups in total. The second-order valence-electron chi connectivity index (χ2n) is 5.01. The van der Waals surface area contributed by atoms with Crippen LogP contribution in [0.15, 0.2) is 60.7 Å². The molecule has 5 heteroatoms. The molecule has 0 saturated heterocycles. The Morgan fingerprint density at radius 1 is 1.04 bits per heavy atom. The average molecular weight is 325 g/mol. The zero-order valence-corrected chi connectivity index (χ0v) is 13.6. The summed E-state index contributed by atoms with van der Waals surface area (Å²) in [6, 6.07) is 16.4. The van der Waals surface area contributed by atoms with Crippen LogP contribution < -0.4 is 10.1 Å². The molecule has 0 radical (unpaired) electrons. The molecule has 124 valence electrons. The Balaban J connectivity index is 1.91. The quantitative estimate of drug-likeness (QED) is 0.654. The summed E-state index contributed by atoms with van der Waals surface area (Å²) in [4.78, 5) is 23.9. The van der Waals surface area contributed by atoms with Crippen LogP contribution in [0.4, 0.5) is 5.69 Å². The predicted octanol–water partition coefficient (Wildman–Crippen LogP) is 3.28. The Morgan fingerprint density at radius 3 is 2.42 bits per heavy atom. The van der Waals surface area contributed by atoms with E-state index in [0.717, 1.165) is 5.56 Å². The number of ether oxygens (including phenoxy) is 2. The van der Waals surface area contributed by atoms with Crippen molar-refractivity contribution in [2.24, 2.45) is 0 Å². The van der Waals surface area contributed by atoms with Crippen molar-refractivity contribution in [1.29, 1.82) is 0 Å². The zero-order chi connectivity index (χ0) is 17.4. The molecular formula is C19H19NO4. The second kappa shape index (κ2) is 8.53. The Bertz CT molecular complexity index is 725. The number of hydrogen-bond acceptors (Lipinski definition) is 4. The van der Waals surface area contributed by atoms with Crippen molar-refractivity contribution in [3.63, 3.8) is 0 Å². The van der Waals surface area contributed by atoms with Crippen LogP contribution in [0.2, 0.25) is 0 Å². The number of methoxy groups -OCH3 is 1. The fraction of sp³-hybridized carbons (Fsp3) is 0.158. The van der Waals surface area contributed by atoms with Gasteiger partial charge in [-0.25, -0.2) is 4.79 Å². The van der Waals surface area contributed by atoms with Gasteiger partial charge < -0.3 is 14.8 Å². The lowest BCUT2D eigenvalue weighted by Gasteiger charge is -2.14. The maximum absolute atomic E-state index is 12.1. The van der Waals surface area contributed by atoms with Crippen LogP contribution in [0.25, 0.3) is 6.08 Å². The average Bonchev–Trinajstić information content (AvgIpc) is 2.61. The number of nitrogens with one attached hydrogen (secondary N) is 1. The largest absolute Gasteiger partial charge is 0.495 e. The van der Waals surface area contributed by atoms with E-state index in [2.05, 4.69) is 5.32 Å². The summed E-state index contributed by atoms with van der Waals surface area (Å²) in [7, 11) is 1.52. The lowest BCUT2D eigenvalue weighted by atomic mass is 10.2. The van der Waals surface area contributed by atoms with E-state index in [-0.39, 0.29) is 0 Å². The monoisotopic (exact) mass is 325 g/mol. The molecule has 5 nitrogen and oxygen atoms in total. The van der Waals surface area contributed by atoms with Crippen molar-refractivity contribution in [1.82, 2.24) is 0 Å². The van der Waals surface area contributed by atoms with Gasteiger partial charge in [0.1, 0.15) is 5.75 Å². The van der Waals surface area contributed by atoms with E-state index in [9.17, 15) is 9.59 Å². The van der Waals surface area contributed by atoms with Crippen LogP contribution >= 0.6 is 0 Å². The summed E-state index contributed by atoms with van der Waals surface area (Å²) in [5, 5.41) is 2.68. The number of para-hydroxylation sites is 2. The first-order chi connectivity index (χ1) is 11.6. The highest BCUT2D eigenvalue weighted by atomic mass is 16.5. The van der Waals surface area contributed by atoms with E-state index in [4.69, 9.17) is 9.47 Å². The summed E-state index contributed by atoms with van der Waals surface area (Å²) in [6.45, 7) is 1.51. The highest BCUT2D eigenvalue weighted by Crippen LogP contribution is 2.23. The van der Waals surface area contributed by atoms with E-state index < -0.39 is 18.0 Å².